The Balaban J connectivity index is 2.54. The van der Waals surface area contributed by atoms with Crippen LogP contribution in [0.25, 0.3) is 0 Å². The average Bonchev–Trinajstić information content (AvgIpc) is 2.45. The van der Waals surface area contributed by atoms with Gasteiger partial charge in [0.25, 0.3) is 5.91 Å². The van der Waals surface area contributed by atoms with Gasteiger partial charge in [-0.1, -0.05) is 23.2 Å². The molecule has 0 spiro atoms. The van der Waals surface area contributed by atoms with Gasteiger partial charge >= 0.3 is 0 Å². The second-order valence-electron chi connectivity index (χ2n) is 4.47. The highest BCUT2D eigenvalue weighted by Gasteiger charge is 2.17. The molecule has 0 radical (unpaired) electrons. The van der Waals surface area contributed by atoms with E-state index in [-0.39, 0.29) is 36.0 Å². The molecule has 1 aromatic carbocycles. The third kappa shape index (κ3) is 5.49. The van der Waals surface area contributed by atoms with Crippen molar-refractivity contribution in [3.8, 4) is 0 Å². The Hall–Kier alpha value is -1.37. The Morgan fingerprint density at radius 2 is 1.95 bits per heavy atom. The third-order valence-corrected chi connectivity index (χ3v) is 3.53. The van der Waals surface area contributed by atoms with Gasteiger partial charge in [-0.25, -0.2) is 4.39 Å². The Labute approximate surface area is 132 Å². The molecule has 0 saturated carbocycles. The largest absolute Gasteiger partial charge is 0.358 e. The number of quaternary nitrogens is 1. The minimum atomic E-state index is -0.555. The van der Waals surface area contributed by atoms with Crippen LogP contribution >= 0.6 is 23.2 Å². The van der Waals surface area contributed by atoms with E-state index in [2.05, 4.69) is 10.6 Å². The molecule has 1 rings (SSSR count). The molecule has 0 aromatic heterocycles. The predicted molar refractivity (Wildman–Crippen MR) is 78.7 cm³/mol. The fraction of sp³-hybridized carbons (Fsp3) is 0.385. The fourth-order valence-electron chi connectivity index (χ4n) is 1.64. The number of carbonyl (C=O) groups excluding carboxylic acids is 2. The van der Waals surface area contributed by atoms with Crippen molar-refractivity contribution in [2.24, 2.45) is 0 Å². The van der Waals surface area contributed by atoms with Crippen molar-refractivity contribution in [3.05, 3.63) is 33.6 Å². The van der Waals surface area contributed by atoms with Crippen molar-refractivity contribution >= 4 is 35.0 Å². The van der Waals surface area contributed by atoms with Crippen molar-refractivity contribution in [3.63, 3.8) is 0 Å². The number of benzene rings is 1. The number of nitrogens with two attached hydrogens (primary N) is 1. The summed E-state index contributed by atoms with van der Waals surface area (Å²) in [7, 11) is 1.49. The van der Waals surface area contributed by atoms with E-state index < -0.39 is 5.82 Å². The molecule has 0 fully saturated rings. The smallest absolute Gasteiger partial charge is 0.275 e. The highest BCUT2D eigenvalue weighted by Crippen LogP contribution is 2.27. The molecule has 116 valence electrons. The highest BCUT2D eigenvalue weighted by atomic mass is 35.5. The molecule has 4 N–H and O–H groups in total. The maximum atomic E-state index is 13.4. The van der Waals surface area contributed by atoms with Crippen LogP contribution in [0.5, 0.6) is 0 Å². The maximum Gasteiger partial charge on any atom is 0.275 e. The molecule has 2 amide bonds. The van der Waals surface area contributed by atoms with Gasteiger partial charge in [-0.2, -0.15) is 0 Å². The summed E-state index contributed by atoms with van der Waals surface area (Å²) in [4.78, 5) is 22.5. The molecule has 1 atom stereocenters. The Morgan fingerprint density at radius 1 is 1.29 bits per heavy atom. The molecule has 8 heteroatoms. The Morgan fingerprint density at radius 3 is 2.57 bits per heavy atom. The molecule has 0 aliphatic rings. The van der Waals surface area contributed by atoms with Crippen LogP contribution in [-0.2, 0) is 9.59 Å². The van der Waals surface area contributed by atoms with E-state index >= 15 is 0 Å². The maximum absolute atomic E-state index is 13.4. The summed E-state index contributed by atoms with van der Waals surface area (Å²) in [6.45, 7) is 1.81. The fourth-order valence-corrected chi connectivity index (χ4v) is 2.19. The second kappa shape index (κ2) is 8.17. The lowest BCUT2D eigenvalue weighted by atomic mass is 10.1. The molecule has 0 heterocycles. The highest BCUT2D eigenvalue weighted by molar-refractivity contribution is 6.35. The van der Waals surface area contributed by atoms with E-state index in [0.29, 0.717) is 10.6 Å². The lowest BCUT2D eigenvalue weighted by Gasteiger charge is -2.13. The molecular weight excluding hydrogens is 320 g/mol. The van der Waals surface area contributed by atoms with Crippen LogP contribution in [0.1, 0.15) is 18.5 Å². The van der Waals surface area contributed by atoms with Crippen molar-refractivity contribution in [2.75, 3.05) is 20.1 Å². The molecule has 0 unspecified atom stereocenters. The molecule has 0 aliphatic heterocycles. The third-order valence-electron chi connectivity index (χ3n) is 2.91. The van der Waals surface area contributed by atoms with Crippen molar-refractivity contribution in [1.82, 2.24) is 10.6 Å². The number of hydrogen-bond acceptors (Lipinski definition) is 2. The second-order valence-corrected chi connectivity index (χ2v) is 5.28. The van der Waals surface area contributed by atoms with E-state index in [1.54, 1.807) is 12.2 Å². The van der Waals surface area contributed by atoms with Crippen LogP contribution in [0, 0.1) is 5.82 Å². The summed E-state index contributed by atoms with van der Waals surface area (Å²) in [6, 6.07) is 2.37. The van der Waals surface area contributed by atoms with Crippen LogP contribution in [0.4, 0.5) is 4.39 Å². The normalized spacial score (nSPS) is 11.9. The van der Waals surface area contributed by atoms with Crippen molar-refractivity contribution < 1.29 is 19.3 Å². The Bertz CT molecular complexity index is 540. The minimum absolute atomic E-state index is 0.0423. The number of hydrogen-bond donors (Lipinski definition) is 3. The van der Waals surface area contributed by atoms with Crippen molar-refractivity contribution in [1.29, 1.82) is 0 Å². The quantitative estimate of drug-likeness (QED) is 0.666. The molecule has 0 saturated heterocycles. The first-order chi connectivity index (χ1) is 9.85. The van der Waals surface area contributed by atoms with Gasteiger partial charge in [0.1, 0.15) is 11.9 Å². The molecule has 0 aliphatic carbocycles. The van der Waals surface area contributed by atoms with Crippen LogP contribution in [0.2, 0.25) is 10.0 Å². The summed E-state index contributed by atoms with van der Waals surface area (Å²) >= 11 is 11.6. The van der Waals surface area contributed by atoms with E-state index in [9.17, 15) is 14.0 Å². The number of carbonyl (C=O) groups is 2. The molecule has 1 aromatic rings. The summed E-state index contributed by atoms with van der Waals surface area (Å²) in [5.41, 5.74) is 0.553. The summed E-state index contributed by atoms with van der Waals surface area (Å²) < 4.78 is 13.4. The number of amides is 2. The zero-order chi connectivity index (χ0) is 16.0. The first-order valence-electron chi connectivity index (χ1n) is 6.30. The zero-order valence-electron chi connectivity index (χ0n) is 11.7. The van der Waals surface area contributed by atoms with Crippen LogP contribution in [0.15, 0.2) is 12.1 Å². The number of rotatable bonds is 6. The van der Waals surface area contributed by atoms with Crippen LogP contribution < -0.4 is 16.0 Å². The average molecular weight is 337 g/mol. The zero-order valence-corrected chi connectivity index (χ0v) is 13.2. The Kier molecular flexibility index (Phi) is 6.87. The van der Waals surface area contributed by atoms with Crippen molar-refractivity contribution in [2.45, 2.75) is 13.0 Å². The number of nitrogens with one attached hydrogen (secondary N) is 2. The molecular formula is C13H17Cl2FN3O2+. The number of halogens is 3. The lowest BCUT2D eigenvalue weighted by Crippen LogP contribution is -2.87. The summed E-state index contributed by atoms with van der Waals surface area (Å²) in [5.74, 6) is -1.13. The summed E-state index contributed by atoms with van der Waals surface area (Å²) in [6.07, 6.45) is 0. The SMILES string of the molecule is CNC(=O)CNC(=O)C[NH2+][C@@H](C)c1cc(F)c(Cl)cc1Cl. The van der Waals surface area contributed by atoms with Crippen LogP contribution in [0.3, 0.4) is 0 Å². The van der Waals surface area contributed by atoms with Gasteiger partial charge in [-0.15, -0.1) is 0 Å². The molecule has 21 heavy (non-hydrogen) atoms. The van der Waals surface area contributed by atoms with E-state index in [1.807, 2.05) is 0 Å². The number of likely N-dealkylation sites (N-methyl/N-ethyl adjacent to an activating group) is 1. The van der Waals surface area contributed by atoms with E-state index in [1.165, 1.54) is 19.2 Å². The van der Waals surface area contributed by atoms with E-state index in [4.69, 9.17) is 23.2 Å². The van der Waals surface area contributed by atoms with Gasteiger partial charge in [0.05, 0.1) is 16.6 Å². The molecule has 0 bridgehead atoms. The topological polar surface area (TPSA) is 74.8 Å². The predicted octanol–water partition coefficient (Wildman–Crippen LogP) is 0.619. The first kappa shape index (κ1) is 17.7. The standard InChI is InChI=1S/C13H16Cl2FN3O2/c1-7(8-3-11(16)10(15)4-9(8)14)18-6-13(21)19-5-12(20)17-2/h3-4,7,18H,5-6H2,1-2H3,(H,17,20)(H,19,21)/p+1/t7-/m0/s1. The van der Waals surface area contributed by atoms with Gasteiger partial charge in [0.2, 0.25) is 5.91 Å². The van der Waals surface area contributed by atoms with Gasteiger partial charge in [-0.3, -0.25) is 9.59 Å². The van der Waals surface area contributed by atoms with E-state index in [0.717, 1.165) is 0 Å². The summed E-state index contributed by atoms with van der Waals surface area (Å²) in [5, 5.41) is 6.85. The first-order valence-corrected chi connectivity index (χ1v) is 7.05. The minimum Gasteiger partial charge on any atom is -0.358 e. The van der Waals surface area contributed by atoms with Gasteiger partial charge < -0.3 is 16.0 Å². The lowest BCUT2D eigenvalue weighted by molar-refractivity contribution is -0.682. The van der Waals surface area contributed by atoms with Gasteiger partial charge in [0.15, 0.2) is 6.54 Å². The van der Waals surface area contributed by atoms with Gasteiger partial charge in [0, 0.05) is 12.6 Å². The molecule has 5 nitrogen and oxygen atoms in total. The van der Waals surface area contributed by atoms with Gasteiger partial charge in [-0.05, 0) is 19.1 Å². The van der Waals surface area contributed by atoms with Crippen LogP contribution in [-0.4, -0.2) is 32.0 Å². The monoisotopic (exact) mass is 336 g/mol.